The largest absolute Gasteiger partial charge is 0.393 e. The maximum absolute atomic E-state index is 10.6. The summed E-state index contributed by atoms with van der Waals surface area (Å²) >= 11 is 0. The molecule has 0 unspecified atom stereocenters. The Morgan fingerprint density at radius 1 is 0.880 bits per heavy atom. The lowest BCUT2D eigenvalue weighted by Crippen LogP contribution is -2.53. The molecule has 1 heteroatoms. The van der Waals surface area contributed by atoms with Gasteiger partial charge >= 0.3 is 0 Å². The molecule has 0 aromatic rings. The first kappa shape index (κ1) is 16.4. The molecule has 7 atom stereocenters. The maximum Gasteiger partial charge on any atom is 0.0596 e. The van der Waals surface area contributed by atoms with E-state index in [4.69, 9.17) is 0 Å². The van der Waals surface area contributed by atoms with Crippen molar-refractivity contribution < 1.29 is 5.11 Å². The molecular weight excluding hydrogens is 304 g/mol. The van der Waals surface area contributed by atoms with Gasteiger partial charge in [-0.25, -0.2) is 0 Å². The molecule has 1 nitrogen and oxygen atoms in total. The van der Waals surface area contributed by atoms with Gasteiger partial charge in [0.15, 0.2) is 0 Å². The minimum atomic E-state index is -0.0346. The highest BCUT2D eigenvalue weighted by Gasteiger charge is 2.59. The van der Waals surface area contributed by atoms with Crippen LogP contribution in [-0.2, 0) is 0 Å². The second-order valence-electron chi connectivity index (χ2n) is 10.3. The van der Waals surface area contributed by atoms with Crippen molar-refractivity contribution in [3.8, 4) is 0 Å². The molecule has 4 fully saturated rings. The van der Waals surface area contributed by atoms with Crippen molar-refractivity contribution in [2.24, 2.45) is 34.5 Å². The predicted molar refractivity (Wildman–Crippen MR) is 103 cm³/mol. The van der Waals surface area contributed by atoms with Crippen molar-refractivity contribution in [3.63, 3.8) is 0 Å². The maximum atomic E-state index is 10.6. The van der Waals surface area contributed by atoms with Crippen LogP contribution in [0.25, 0.3) is 0 Å². The van der Waals surface area contributed by atoms with E-state index in [-0.39, 0.29) is 11.5 Å². The molecule has 0 amide bonds. The number of hydrogen-bond acceptors (Lipinski definition) is 1. The molecule has 25 heavy (non-hydrogen) atoms. The van der Waals surface area contributed by atoms with Crippen LogP contribution in [0.1, 0.15) is 71.6 Å². The van der Waals surface area contributed by atoms with E-state index in [1.54, 1.807) is 5.57 Å². The smallest absolute Gasteiger partial charge is 0.0596 e. The fourth-order valence-electron chi connectivity index (χ4n) is 7.92. The van der Waals surface area contributed by atoms with E-state index in [9.17, 15) is 5.11 Å². The van der Waals surface area contributed by atoms with Crippen LogP contribution in [0.3, 0.4) is 0 Å². The summed E-state index contributed by atoms with van der Waals surface area (Å²) < 4.78 is 0. The van der Waals surface area contributed by atoms with Crippen molar-refractivity contribution in [2.75, 3.05) is 0 Å². The lowest BCUT2D eigenvalue weighted by Gasteiger charge is -2.60. The average Bonchev–Trinajstić information content (AvgIpc) is 3.23. The van der Waals surface area contributed by atoms with Gasteiger partial charge in [0.05, 0.1) is 6.10 Å². The van der Waals surface area contributed by atoms with Gasteiger partial charge in [0, 0.05) is 0 Å². The highest BCUT2D eigenvalue weighted by molar-refractivity contribution is 5.44. The average molecular weight is 339 g/mol. The third kappa shape index (κ3) is 2.24. The van der Waals surface area contributed by atoms with Gasteiger partial charge in [0.1, 0.15) is 0 Å². The molecule has 136 valence electrons. The highest BCUT2D eigenvalue weighted by Crippen LogP contribution is 2.66. The fraction of sp³-hybridized carbons (Fsp3) is 0.750. The van der Waals surface area contributed by atoms with E-state index >= 15 is 0 Å². The van der Waals surface area contributed by atoms with E-state index in [0.29, 0.717) is 5.41 Å². The van der Waals surface area contributed by atoms with Crippen molar-refractivity contribution in [1.29, 1.82) is 0 Å². The summed E-state index contributed by atoms with van der Waals surface area (Å²) in [5, 5.41) is 10.6. The molecule has 0 spiro atoms. The first-order valence-electron chi connectivity index (χ1n) is 10.8. The van der Waals surface area contributed by atoms with E-state index in [1.807, 2.05) is 0 Å². The standard InChI is InChI=1S/C24H34O/c1-23-13-11-17(16-5-3-4-6-16)15-18(23)7-8-19-20-9-10-22(25)24(20,2)14-12-21(19)23/h3-6,18-22,25H,7-15H2,1-2H3/t18-,19+,20+,21+,22+,23+,24+/m1/s1. The Bertz CT molecular complexity index is 641. The van der Waals surface area contributed by atoms with Crippen LogP contribution in [0.4, 0.5) is 0 Å². The highest BCUT2D eigenvalue weighted by atomic mass is 16.3. The van der Waals surface area contributed by atoms with Gasteiger partial charge in [-0.1, -0.05) is 43.7 Å². The third-order valence-corrected chi connectivity index (χ3v) is 9.54. The molecule has 0 bridgehead atoms. The summed E-state index contributed by atoms with van der Waals surface area (Å²) in [7, 11) is 0. The van der Waals surface area contributed by atoms with Crippen LogP contribution in [0.2, 0.25) is 0 Å². The minimum Gasteiger partial charge on any atom is -0.393 e. The summed E-state index contributed by atoms with van der Waals surface area (Å²) in [4.78, 5) is 0. The summed E-state index contributed by atoms with van der Waals surface area (Å²) in [6, 6.07) is 0. The van der Waals surface area contributed by atoms with Crippen LogP contribution in [0, 0.1) is 34.5 Å². The van der Waals surface area contributed by atoms with Gasteiger partial charge < -0.3 is 5.11 Å². The van der Waals surface area contributed by atoms with Crippen LogP contribution in [0.15, 0.2) is 35.5 Å². The summed E-state index contributed by atoms with van der Waals surface area (Å²) in [5.41, 5.74) is 4.02. The Hall–Kier alpha value is -0.820. The SMILES string of the molecule is C[C@]12CCC(=C3C=CC=C3)C[C@H]1CC[C@@H]1[C@@H]2CC[C@]2(C)[C@@H](O)CC[C@@H]12. The number of aliphatic hydroxyl groups excluding tert-OH is 1. The number of allylic oxidation sites excluding steroid dienone is 6. The first-order valence-corrected chi connectivity index (χ1v) is 10.8. The van der Waals surface area contributed by atoms with Crippen LogP contribution < -0.4 is 0 Å². The Balaban J connectivity index is 1.42. The Kier molecular flexibility index (Phi) is 3.66. The zero-order chi connectivity index (χ0) is 17.2. The molecular formula is C24H34O. The van der Waals surface area contributed by atoms with Crippen molar-refractivity contribution in [2.45, 2.75) is 77.7 Å². The quantitative estimate of drug-likeness (QED) is 0.590. The third-order valence-electron chi connectivity index (χ3n) is 9.54. The molecule has 5 rings (SSSR count). The van der Waals surface area contributed by atoms with E-state index < -0.39 is 0 Å². The second-order valence-corrected chi connectivity index (χ2v) is 10.3. The second kappa shape index (κ2) is 5.59. The molecule has 5 aliphatic carbocycles. The summed E-state index contributed by atoms with van der Waals surface area (Å²) in [5.74, 6) is 3.48. The van der Waals surface area contributed by atoms with Gasteiger partial charge in [0.2, 0.25) is 0 Å². The lowest BCUT2D eigenvalue weighted by atomic mass is 9.45. The van der Waals surface area contributed by atoms with Gasteiger partial charge in [-0.05, 0) is 97.9 Å². The molecule has 4 saturated carbocycles. The molecule has 1 N–H and O–H groups in total. The van der Waals surface area contributed by atoms with Gasteiger partial charge in [-0.15, -0.1) is 0 Å². The first-order chi connectivity index (χ1) is 12.0. The van der Waals surface area contributed by atoms with Gasteiger partial charge in [-0.3, -0.25) is 0 Å². The Morgan fingerprint density at radius 3 is 2.44 bits per heavy atom. The topological polar surface area (TPSA) is 20.2 Å². The molecule has 0 heterocycles. The summed E-state index contributed by atoms with van der Waals surface area (Å²) in [6.07, 6.45) is 20.8. The van der Waals surface area contributed by atoms with Gasteiger partial charge in [-0.2, -0.15) is 0 Å². The molecule has 5 aliphatic rings. The molecule has 0 aliphatic heterocycles. The normalized spacial score (nSPS) is 51.4. The number of fused-ring (bicyclic) bond motifs is 5. The Morgan fingerprint density at radius 2 is 1.64 bits per heavy atom. The van der Waals surface area contributed by atoms with Crippen molar-refractivity contribution in [3.05, 3.63) is 35.5 Å². The molecule has 0 aromatic heterocycles. The zero-order valence-corrected chi connectivity index (χ0v) is 16.0. The lowest BCUT2D eigenvalue weighted by molar-refractivity contribution is -0.115. The van der Waals surface area contributed by atoms with Crippen LogP contribution in [0.5, 0.6) is 0 Å². The van der Waals surface area contributed by atoms with Crippen LogP contribution >= 0.6 is 0 Å². The van der Waals surface area contributed by atoms with E-state index in [2.05, 4.69) is 38.2 Å². The van der Waals surface area contributed by atoms with E-state index in [0.717, 1.165) is 30.1 Å². The molecule has 0 aromatic carbocycles. The number of aliphatic hydroxyl groups is 1. The Labute approximate surface area is 153 Å². The monoisotopic (exact) mass is 338 g/mol. The number of hydrogen-bond donors (Lipinski definition) is 1. The van der Waals surface area contributed by atoms with Gasteiger partial charge in [0.25, 0.3) is 0 Å². The molecule has 0 radical (unpaired) electrons. The fourth-order valence-corrected chi connectivity index (χ4v) is 7.92. The number of rotatable bonds is 0. The predicted octanol–water partition coefficient (Wildman–Crippen LogP) is 5.81. The minimum absolute atomic E-state index is 0.0346. The van der Waals surface area contributed by atoms with Crippen LogP contribution in [-0.4, -0.2) is 11.2 Å². The molecule has 0 saturated heterocycles. The van der Waals surface area contributed by atoms with Crippen molar-refractivity contribution in [1.82, 2.24) is 0 Å². The van der Waals surface area contributed by atoms with Crippen molar-refractivity contribution >= 4 is 0 Å². The van der Waals surface area contributed by atoms with E-state index in [1.165, 1.54) is 56.9 Å². The zero-order valence-electron chi connectivity index (χ0n) is 16.0. The summed E-state index contributed by atoms with van der Waals surface area (Å²) in [6.45, 7) is 5.05.